The maximum atomic E-state index is 12.4. The minimum Gasteiger partial charge on any atom is -0.467 e. The van der Waals surface area contributed by atoms with Gasteiger partial charge in [0.2, 0.25) is 0 Å². The van der Waals surface area contributed by atoms with E-state index in [1.54, 1.807) is 27.7 Å². The van der Waals surface area contributed by atoms with Crippen LogP contribution in [0.2, 0.25) is 0 Å². The van der Waals surface area contributed by atoms with Crippen molar-refractivity contribution in [2.75, 3.05) is 13.7 Å². The monoisotopic (exact) mass is 313 g/mol. The van der Waals surface area contributed by atoms with Crippen LogP contribution in [0, 0.1) is 11.8 Å². The van der Waals surface area contributed by atoms with Crippen molar-refractivity contribution in [3.63, 3.8) is 0 Å². The molecule has 0 saturated carbocycles. The topological polar surface area (TPSA) is 82.1 Å². The van der Waals surface area contributed by atoms with E-state index >= 15 is 0 Å². The molecule has 2 fully saturated rings. The molecular weight excluding hydrogens is 290 g/mol. The number of likely N-dealkylation sites (tertiary alicyclic amines) is 1. The maximum absolute atomic E-state index is 12.4. The molecule has 124 valence electrons. The van der Waals surface area contributed by atoms with Gasteiger partial charge in [0.05, 0.1) is 13.5 Å². The van der Waals surface area contributed by atoms with Crippen molar-refractivity contribution in [2.24, 2.45) is 11.8 Å². The van der Waals surface area contributed by atoms with Crippen molar-refractivity contribution in [1.29, 1.82) is 0 Å². The number of fused-ring (bicyclic) bond motifs is 1. The van der Waals surface area contributed by atoms with E-state index in [9.17, 15) is 14.4 Å². The molecular formula is C15H23NO6. The molecule has 2 saturated heterocycles. The van der Waals surface area contributed by atoms with Gasteiger partial charge in [-0.3, -0.25) is 9.69 Å². The number of carbonyl (C=O) groups excluding carboxylic acids is 3. The highest BCUT2D eigenvalue weighted by atomic mass is 16.6. The molecule has 0 N–H and O–H groups in total. The van der Waals surface area contributed by atoms with Crippen molar-refractivity contribution in [2.45, 2.75) is 51.9 Å². The summed E-state index contributed by atoms with van der Waals surface area (Å²) in [6.45, 7) is 7.37. The molecule has 0 aliphatic carbocycles. The first-order valence-corrected chi connectivity index (χ1v) is 7.41. The molecule has 0 aromatic rings. The van der Waals surface area contributed by atoms with Crippen LogP contribution in [0.5, 0.6) is 0 Å². The highest BCUT2D eigenvalue weighted by Gasteiger charge is 2.54. The lowest BCUT2D eigenvalue weighted by Gasteiger charge is -2.31. The Balaban J connectivity index is 2.27. The molecule has 1 amide bonds. The van der Waals surface area contributed by atoms with E-state index in [4.69, 9.17) is 14.2 Å². The van der Waals surface area contributed by atoms with Crippen LogP contribution in [-0.4, -0.2) is 54.3 Å². The van der Waals surface area contributed by atoms with Crippen molar-refractivity contribution >= 4 is 18.0 Å². The number of rotatable bonds is 1. The lowest BCUT2D eigenvalue weighted by atomic mass is 9.82. The van der Waals surface area contributed by atoms with E-state index in [1.807, 2.05) is 0 Å². The molecule has 7 nitrogen and oxygen atoms in total. The maximum Gasteiger partial charge on any atom is 0.411 e. The third-order valence-electron chi connectivity index (χ3n) is 4.09. The lowest BCUT2D eigenvalue weighted by molar-refractivity contribution is -0.161. The number of hydrogen-bond donors (Lipinski definition) is 0. The van der Waals surface area contributed by atoms with Gasteiger partial charge >= 0.3 is 18.0 Å². The number of ether oxygens (including phenoxy) is 3. The van der Waals surface area contributed by atoms with Gasteiger partial charge in [-0.25, -0.2) is 9.59 Å². The second kappa shape index (κ2) is 5.78. The number of hydrogen-bond acceptors (Lipinski definition) is 6. The van der Waals surface area contributed by atoms with E-state index in [2.05, 4.69) is 0 Å². The van der Waals surface area contributed by atoms with Crippen LogP contribution in [0.4, 0.5) is 4.79 Å². The molecule has 0 spiro atoms. The van der Waals surface area contributed by atoms with Crippen LogP contribution in [0.25, 0.3) is 0 Å². The van der Waals surface area contributed by atoms with Gasteiger partial charge in [0, 0.05) is 18.4 Å². The third-order valence-corrected chi connectivity index (χ3v) is 4.09. The lowest BCUT2D eigenvalue weighted by Crippen LogP contribution is -2.47. The van der Waals surface area contributed by atoms with Gasteiger partial charge in [0.25, 0.3) is 0 Å². The molecule has 0 aromatic carbocycles. The Morgan fingerprint density at radius 2 is 1.91 bits per heavy atom. The molecule has 7 heteroatoms. The number of cyclic esters (lactones) is 1. The van der Waals surface area contributed by atoms with Crippen molar-refractivity contribution in [3.8, 4) is 0 Å². The smallest absolute Gasteiger partial charge is 0.411 e. The highest BCUT2D eigenvalue weighted by Crippen LogP contribution is 2.40. The quantitative estimate of drug-likeness (QED) is 0.537. The summed E-state index contributed by atoms with van der Waals surface area (Å²) in [5.41, 5.74) is -0.663. The second-order valence-corrected chi connectivity index (χ2v) is 6.83. The van der Waals surface area contributed by atoms with E-state index in [1.165, 1.54) is 12.0 Å². The van der Waals surface area contributed by atoms with Crippen LogP contribution in [-0.2, 0) is 23.8 Å². The largest absolute Gasteiger partial charge is 0.467 e. The van der Waals surface area contributed by atoms with E-state index < -0.39 is 23.7 Å². The van der Waals surface area contributed by atoms with Gasteiger partial charge in [0.1, 0.15) is 17.7 Å². The van der Waals surface area contributed by atoms with Crippen LogP contribution in [0.1, 0.15) is 34.1 Å². The van der Waals surface area contributed by atoms with E-state index in [0.29, 0.717) is 6.54 Å². The Kier molecular flexibility index (Phi) is 4.35. The molecule has 4 atom stereocenters. The molecule has 2 rings (SSSR count). The summed E-state index contributed by atoms with van der Waals surface area (Å²) in [6.07, 6.45) is -0.809. The van der Waals surface area contributed by atoms with Crippen molar-refractivity contribution < 1.29 is 28.6 Å². The molecule has 0 bridgehead atoms. The Morgan fingerprint density at radius 1 is 1.27 bits per heavy atom. The summed E-state index contributed by atoms with van der Waals surface area (Å²) in [4.78, 5) is 37.6. The van der Waals surface area contributed by atoms with Crippen LogP contribution in [0.3, 0.4) is 0 Å². The Bertz CT molecular complexity index is 483. The highest BCUT2D eigenvalue weighted by molar-refractivity contribution is 5.84. The van der Waals surface area contributed by atoms with E-state index in [-0.39, 0.29) is 30.3 Å². The number of esters is 2. The predicted molar refractivity (Wildman–Crippen MR) is 75.9 cm³/mol. The molecule has 22 heavy (non-hydrogen) atoms. The summed E-state index contributed by atoms with van der Waals surface area (Å²) in [6, 6.07) is -0.805. The SMILES string of the molecule is COC(=O)[C@@H]1[C@H]2CC(=O)O[C@H](C)[C@H]2CN1C(=O)OC(C)(C)C. The Hall–Kier alpha value is -1.79. The van der Waals surface area contributed by atoms with Crippen LogP contribution < -0.4 is 0 Å². The second-order valence-electron chi connectivity index (χ2n) is 6.83. The summed E-state index contributed by atoms with van der Waals surface area (Å²) in [5.74, 6) is -1.26. The molecule has 2 aliphatic rings. The zero-order valence-electron chi connectivity index (χ0n) is 13.6. The third kappa shape index (κ3) is 3.18. The average Bonchev–Trinajstić information content (AvgIpc) is 2.75. The first kappa shape index (κ1) is 16.6. The van der Waals surface area contributed by atoms with Gasteiger partial charge in [-0.05, 0) is 27.7 Å². The zero-order chi connectivity index (χ0) is 16.7. The van der Waals surface area contributed by atoms with Gasteiger partial charge in [-0.1, -0.05) is 0 Å². The van der Waals surface area contributed by atoms with Gasteiger partial charge in [0.15, 0.2) is 0 Å². The van der Waals surface area contributed by atoms with E-state index in [0.717, 1.165) is 0 Å². The first-order chi connectivity index (χ1) is 10.1. The van der Waals surface area contributed by atoms with Gasteiger partial charge in [-0.15, -0.1) is 0 Å². The molecule has 0 radical (unpaired) electrons. The van der Waals surface area contributed by atoms with Crippen molar-refractivity contribution in [3.05, 3.63) is 0 Å². The number of amides is 1. The molecule has 2 aliphatic heterocycles. The fourth-order valence-corrected chi connectivity index (χ4v) is 3.17. The van der Waals surface area contributed by atoms with Crippen LogP contribution in [0.15, 0.2) is 0 Å². The summed E-state index contributed by atoms with van der Waals surface area (Å²) in [7, 11) is 1.27. The van der Waals surface area contributed by atoms with Crippen LogP contribution >= 0.6 is 0 Å². The number of nitrogens with zero attached hydrogens (tertiary/aromatic N) is 1. The molecule has 2 heterocycles. The first-order valence-electron chi connectivity index (χ1n) is 7.41. The summed E-state index contributed by atoms with van der Waals surface area (Å²) < 4.78 is 15.4. The minimum absolute atomic E-state index is 0.0886. The number of methoxy groups -OCH3 is 1. The normalized spacial score (nSPS) is 31.3. The number of carbonyl (C=O) groups is 3. The fourth-order valence-electron chi connectivity index (χ4n) is 3.17. The fraction of sp³-hybridized carbons (Fsp3) is 0.800. The predicted octanol–water partition coefficient (Wildman–Crippen LogP) is 1.35. The van der Waals surface area contributed by atoms with Crippen molar-refractivity contribution in [1.82, 2.24) is 4.90 Å². The molecule has 0 aromatic heterocycles. The average molecular weight is 313 g/mol. The standard InChI is InChI=1S/C15H23NO6/c1-8-10-7-16(14(19)22-15(2,3)4)12(13(18)20-5)9(10)6-11(17)21-8/h8-10,12H,6-7H2,1-5H3/t8-,9+,10-,12+/m1/s1. The summed E-state index contributed by atoms with van der Waals surface area (Å²) >= 11 is 0. The Labute approximate surface area is 129 Å². The van der Waals surface area contributed by atoms with Gasteiger partial charge < -0.3 is 14.2 Å². The Morgan fingerprint density at radius 3 is 2.45 bits per heavy atom. The molecule has 0 unspecified atom stereocenters. The summed E-state index contributed by atoms with van der Waals surface area (Å²) in [5, 5.41) is 0. The minimum atomic E-state index is -0.805. The van der Waals surface area contributed by atoms with Gasteiger partial charge in [-0.2, -0.15) is 0 Å². The zero-order valence-corrected chi connectivity index (χ0v) is 13.6.